The first-order chi connectivity index (χ1) is 4.00. The van der Waals surface area contributed by atoms with Gasteiger partial charge in [0, 0.05) is 20.4 Å². The third kappa shape index (κ3) is 6.27. The molecule has 0 aliphatic heterocycles. The molecule has 0 N–H and O–H groups in total. The molecule has 1 aliphatic carbocycles. The van der Waals surface area contributed by atoms with Crippen LogP contribution in [0.25, 0.3) is 0 Å². The summed E-state index contributed by atoms with van der Waals surface area (Å²) < 4.78 is 0. The van der Waals surface area contributed by atoms with E-state index in [2.05, 4.69) is 24.3 Å². The Morgan fingerprint density at radius 1 is 0.600 bits per heavy atom. The van der Waals surface area contributed by atoms with Gasteiger partial charge in [-0.15, -0.1) is 0 Å². The largest absolute Gasteiger partial charge is 0.358 e. The molecule has 10 heavy (non-hydrogen) atoms. The maximum absolute atomic E-state index is 2.27. The van der Waals surface area contributed by atoms with Gasteiger partial charge in [0.05, 0.1) is 0 Å². The van der Waals surface area contributed by atoms with Crippen LogP contribution in [0.15, 0.2) is 24.3 Å². The van der Waals surface area contributed by atoms with Crippen LogP contribution < -0.4 is 0 Å². The Kier molecular flexibility index (Phi) is 11.7. The van der Waals surface area contributed by atoms with Gasteiger partial charge in [-0.2, -0.15) is 0 Å². The van der Waals surface area contributed by atoms with E-state index in [0.29, 0.717) is 0 Å². The van der Waals surface area contributed by atoms with E-state index in [9.17, 15) is 0 Å². The van der Waals surface area contributed by atoms with E-state index in [-0.39, 0.29) is 27.8 Å². The minimum absolute atomic E-state index is 0. The zero-order chi connectivity index (χ0) is 5.66. The molecule has 0 heterocycles. The Balaban J connectivity index is 0. The summed E-state index contributed by atoms with van der Waals surface area (Å²) in [5.41, 5.74) is 0. The number of hydrogen-bond donors (Lipinski definition) is 0. The molecular weight excluding hydrogens is 215 g/mol. The number of hydrogen-bond acceptors (Lipinski definition) is 0. The summed E-state index contributed by atoms with van der Waals surface area (Å²) in [6, 6.07) is 0. The van der Waals surface area contributed by atoms with E-state index in [4.69, 9.17) is 0 Å². The molecule has 0 aromatic carbocycles. The minimum atomic E-state index is 0. The second-order valence-electron chi connectivity index (χ2n) is 2.10. The average Bonchev–Trinajstić information content (AvgIpc) is 1.62. The molecule has 1 aliphatic rings. The van der Waals surface area contributed by atoms with Gasteiger partial charge in [-0.25, -0.2) is 0 Å². The van der Waals surface area contributed by atoms with E-state index in [1.165, 1.54) is 25.7 Å². The monoisotopic (exact) mass is 229 g/mol. The second kappa shape index (κ2) is 9.14. The fourth-order valence-corrected chi connectivity index (χ4v) is 0.856. The average molecular weight is 230 g/mol. The van der Waals surface area contributed by atoms with Crippen LogP contribution in [0.1, 0.15) is 25.7 Å². The molecule has 0 bridgehead atoms. The van der Waals surface area contributed by atoms with Crippen LogP contribution in [-0.2, 0) is 20.4 Å². The van der Waals surface area contributed by atoms with Crippen molar-refractivity contribution in [1.82, 2.24) is 0 Å². The molecule has 0 unspecified atom stereocenters. The van der Waals surface area contributed by atoms with Gasteiger partial charge in [0.1, 0.15) is 0 Å². The second-order valence-corrected chi connectivity index (χ2v) is 2.10. The van der Waals surface area contributed by atoms with Gasteiger partial charge in [0.15, 0.2) is 0 Å². The van der Waals surface area contributed by atoms with Gasteiger partial charge >= 0.3 is 0 Å². The molecule has 0 saturated carbocycles. The topological polar surface area (TPSA) is 0 Å². The SMILES string of the molecule is C1=CCC/C=C\CC1.[CH3-].[Pd]. The molecule has 0 aromatic rings. The third-order valence-electron chi connectivity index (χ3n) is 1.33. The molecule has 0 saturated heterocycles. The molecular formula is C9H15Pd-. The molecule has 0 fully saturated rings. The van der Waals surface area contributed by atoms with Gasteiger partial charge in [-0.05, 0) is 25.7 Å². The first-order valence-corrected chi connectivity index (χ1v) is 3.30. The van der Waals surface area contributed by atoms with E-state index in [1.807, 2.05) is 0 Å². The zero-order valence-corrected chi connectivity index (χ0v) is 8.01. The van der Waals surface area contributed by atoms with E-state index in [1.54, 1.807) is 0 Å². The Bertz CT molecular complexity index is 77.3. The summed E-state index contributed by atoms with van der Waals surface area (Å²) in [6.45, 7) is 0. The normalized spacial score (nSPS) is 19.2. The van der Waals surface area contributed by atoms with Gasteiger partial charge < -0.3 is 7.43 Å². The Hall–Kier alpha value is 0.142. The molecule has 0 atom stereocenters. The van der Waals surface area contributed by atoms with Gasteiger partial charge in [0.2, 0.25) is 0 Å². The van der Waals surface area contributed by atoms with Crippen molar-refractivity contribution in [2.45, 2.75) is 25.7 Å². The van der Waals surface area contributed by atoms with Crippen molar-refractivity contribution in [3.05, 3.63) is 31.7 Å². The van der Waals surface area contributed by atoms with Gasteiger partial charge in [-0.3, -0.25) is 0 Å². The number of allylic oxidation sites excluding steroid dienone is 4. The van der Waals surface area contributed by atoms with Crippen molar-refractivity contribution in [2.24, 2.45) is 0 Å². The predicted molar refractivity (Wildman–Crippen MR) is 43.2 cm³/mol. The molecule has 0 radical (unpaired) electrons. The van der Waals surface area contributed by atoms with Gasteiger partial charge in [0.25, 0.3) is 0 Å². The van der Waals surface area contributed by atoms with Crippen LogP contribution in [-0.4, -0.2) is 0 Å². The Morgan fingerprint density at radius 2 is 0.800 bits per heavy atom. The summed E-state index contributed by atoms with van der Waals surface area (Å²) in [4.78, 5) is 0. The van der Waals surface area contributed by atoms with E-state index < -0.39 is 0 Å². The van der Waals surface area contributed by atoms with Crippen molar-refractivity contribution in [2.75, 3.05) is 0 Å². The molecule has 0 aromatic heterocycles. The van der Waals surface area contributed by atoms with Crippen LogP contribution in [0.5, 0.6) is 0 Å². The molecule has 62 valence electrons. The van der Waals surface area contributed by atoms with Crippen molar-refractivity contribution in [3.8, 4) is 0 Å². The Morgan fingerprint density at radius 3 is 1.00 bits per heavy atom. The quantitative estimate of drug-likeness (QED) is 0.340. The number of rotatable bonds is 0. The minimum Gasteiger partial charge on any atom is -0.358 e. The molecule has 1 rings (SSSR count). The summed E-state index contributed by atoms with van der Waals surface area (Å²) >= 11 is 0. The summed E-state index contributed by atoms with van der Waals surface area (Å²) in [5.74, 6) is 0. The maximum Gasteiger partial charge on any atom is 0 e. The van der Waals surface area contributed by atoms with Crippen LogP contribution in [0.3, 0.4) is 0 Å². The smallest absolute Gasteiger partial charge is 0 e. The van der Waals surface area contributed by atoms with Gasteiger partial charge in [-0.1, -0.05) is 24.3 Å². The zero-order valence-electron chi connectivity index (χ0n) is 6.45. The van der Waals surface area contributed by atoms with E-state index >= 15 is 0 Å². The molecule has 0 nitrogen and oxygen atoms in total. The van der Waals surface area contributed by atoms with E-state index in [0.717, 1.165) is 0 Å². The Labute approximate surface area is 78.1 Å². The van der Waals surface area contributed by atoms with Crippen LogP contribution >= 0.6 is 0 Å². The predicted octanol–water partition coefficient (Wildman–Crippen LogP) is 3.12. The molecule has 0 amide bonds. The first kappa shape index (κ1) is 12.8. The van der Waals surface area contributed by atoms with Crippen molar-refractivity contribution in [1.29, 1.82) is 0 Å². The van der Waals surface area contributed by atoms with Crippen molar-refractivity contribution < 1.29 is 20.4 Å². The summed E-state index contributed by atoms with van der Waals surface area (Å²) in [7, 11) is 0. The fraction of sp³-hybridized carbons (Fsp3) is 0.444. The first-order valence-electron chi connectivity index (χ1n) is 3.30. The van der Waals surface area contributed by atoms with Crippen molar-refractivity contribution in [3.63, 3.8) is 0 Å². The summed E-state index contributed by atoms with van der Waals surface area (Å²) in [6.07, 6.45) is 14.0. The van der Waals surface area contributed by atoms with Crippen molar-refractivity contribution >= 4 is 0 Å². The van der Waals surface area contributed by atoms with Crippen LogP contribution in [0.2, 0.25) is 0 Å². The maximum atomic E-state index is 2.27. The molecule has 0 spiro atoms. The fourth-order valence-electron chi connectivity index (χ4n) is 0.856. The third-order valence-corrected chi connectivity index (χ3v) is 1.33. The van der Waals surface area contributed by atoms with Crippen LogP contribution in [0, 0.1) is 7.43 Å². The molecule has 1 heteroatoms. The summed E-state index contributed by atoms with van der Waals surface area (Å²) in [5, 5.41) is 0. The standard InChI is InChI=1S/C8H12.CH3.Pd/c1-2-4-6-8-7-5-3-1;;/h1-2,7-8H,3-6H2;1H3;/q;-1;/b2-1-,8-7?;;. The van der Waals surface area contributed by atoms with Crippen LogP contribution in [0.4, 0.5) is 0 Å².